The van der Waals surface area contributed by atoms with Gasteiger partial charge in [0.05, 0.1) is 0 Å². The molecule has 12 heavy (non-hydrogen) atoms. The van der Waals surface area contributed by atoms with Gasteiger partial charge < -0.3 is 0 Å². The molecule has 0 bridgehead atoms. The van der Waals surface area contributed by atoms with Crippen LogP contribution in [0.3, 0.4) is 0 Å². The Morgan fingerprint density at radius 1 is 0.917 bits per heavy atom. The van der Waals surface area contributed by atoms with Crippen molar-refractivity contribution in [2.45, 2.75) is 19.6 Å². The first-order valence-corrected chi connectivity index (χ1v) is 11.4. The molecule has 0 aliphatic carbocycles. The molecule has 0 N–H and O–H groups in total. The fraction of sp³-hybridized carbons (Fsp3) is 0.875. The molecule has 0 aliphatic rings. The van der Waals surface area contributed by atoms with Gasteiger partial charge in [0.1, 0.15) is 0 Å². The van der Waals surface area contributed by atoms with Crippen LogP contribution in [0.2, 0.25) is 19.6 Å². The number of rotatable bonds is 3. The van der Waals surface area contributed by atoms with E-state index in [0.717, 1.165) is 0 Å². The van der Waals surface area contributed by atoms with Crippen LogP contribution in [0.15, 0.2) is 0 Å². The topological polar surface area (TPSA) is 6.48 Å². The maximum atomic E-state index is 2.44. The van der Waals surface area contributed by atoms with E-state index in [4.69, 9.17) is 0 Å². The van der Waals surface area contributed by atoms with Crippen molar-refractivity contribution in [1.29, 1.82) is 0 Å². The second kappa shape index (κ2) is 4.70. The van der Waals surface area contributed by atoms with Crippen LogP contribution in [0.4, 0.5) is 0 Å². The first-order chi connectivity index (χ1) is 5.24. The number of hydrogen-bond donors (Lipinski definition) is 0. The summed E-state index contributed by atoms with van der Waals surface area (Å²) < 4.78 is 1.53. The van der Waals surface area contributed by atoms with E-state index in [1.807, 2.05) is 0 Å². The Morgan fingerprint density at radius 3 is 1.33 bits per heavy atom. The van der Waals surface area contributed by atoms with Crippen LogP contribution >= 0.6 is 0 Å². The Balaban J connectivity index is 4.63. The average Bonchev–Trinajstić information content (AvgIpc) is 1.79. The zero-order valence-corrected chi connectivity index (χ0v) is 12.2. The predicted octanol–water partition coefficient (Wildman–Crippen LogP) is 0.736. The third-order valence-corrected chi connectivity index (χ3v) is 9.27. The van der Waals surface area contributed by atoms with Gasteiger partial charge in [-0.05, 0) is 0 Å². The van der Waals surface area contributed by atoms with Crippen LogP contribution < -0.4 is 0 Å². The van der Waals surface area contributed by atoms with Gasteiger partial charge in [-0.1, -0.05) is 0 Å². The number of nitrogens with zero attached hydrogens (tertiary/aromatic N) is 2. The minimum absolute atomic E-state index is 0.392. The molecule has 0 unspecified atom stereocenters. The van der Waals surface area contributed by atoms with Gasteiger partial charge in [-0.15, -0.1) is 0 Å². The standard InChI is InChI=1S/C8H21AsN2Si/c1-10(2)8(11(3)4)9-12(5,6)7/h1-7H3. The molecule has 4 heteroatoms. The monoisotopic (exact) mass is 248 g/mol. The quantitative estimate of drug-likeness (QED) is 0.680. The van der Waals surface area contributed by atoms with Crippen molar-refractivity contribution in [2.24, 2.45) is 0 Å². The van der Waals surface area contributed by atoms with Crippen molar-refractivity contribution in [1.82, 2.24) is 9.80 Å². The molecule has 0 amide bonds. The molecule has 2 nitrogen and oxygen atoms in total. The molecule has 0 aromatic heterocycles. The molecular weight excluding hydrogens is 227 g/mol. The molecule has 0 aromatic rings. The molecule has 0 rings (SSSR count). The van der Waals surface area contributed by atoms with E-state index in [0.29, 0.717) is 14.6 Å². The van der Waals surface area contributed by atoms with Crippen molar-refractivity contribution in [3.8, 4) is 0 Å². The van der Waals surface area contributed by atoms with Gasteiger partial charge in [0.25, 0.3) is 0 Å². The van der Waals surface area contributed by atoms with Gasteiger partial charge in [-0.25, -0.2) is 0 Å². The summed E-state index contributed by atoms with van der Waals surface area (Å²) in [6.07, 6.45) is 0. The Bertz CT molecular complexity index is 160. The summed E-state index contributed by atoms with van der Waals surface area (Å²) in [5, 5.41) is 0. The predicted molar refractivity (Wildman–Crippen MR) is 61.5 cm³/mol. The number of hydrogen-bond acceptors (Lipinski definition) is 2. The van der Waals surface area contributed by atoms with Gasteiger partial charge in [0.2, 0.25) is 0 Å². The third kappa shape index (κ3) is 5.25. The average molecular weight is 248 g/mol. The summed E-state index contributed by atoms with van der Waals surface area (Å²) >= 11 is 0.392. The minimum atomic E-state index is -0.872. The molecule has 0 saturated heterocycles. The second-order valence-corrected chi connectivity index (χ2v) is 19.6. The van der Waals surface area contributed by atoms with E-state index in [9.17, 15) is 0 Å². The van der Waals surface area contributed by atoms with Gasteiger partial charge in [0.15, 0.2) is 0 Å². The summed E-state index contributed by atoms with van der Waals surface area (Å²) in [4.78, 5) is 4.52. The molecule has 0 atom stereocenters. The normalized spacial score (nSPS) is 13.1. The van der Waals surface area contributed by atoms with E-state index in [1.54, 1.807) is 0 Å². The Morgan fingerprint density at radius 2 is 1.25 bits per heavy atom. The molecule has 0 radical (unpaired) electrons. The van der Waals surface area contributed by atoms with Crippen molar-refractivity contribution in [2.75, 3.05) is 28.2 Å². The zero-order valence-electron chi connectivity index (χ0n) is 9.34. The zero-order chi connectivity index (χ0) is 9.94. The van der Waals surface area contributed by atoms with Crippen molar-refractivity contribution in [3.05, 3.63) is 0 Å². The van der Waals surface area contributed by atoms with Crippen molar-refractivity contribution < 1.29 is 0 Å². The Hall–Kier alpha value is 0.565. The van der Waals surface area contributed by atoms with Gasteiger partial charge in [-0.3, -0.25) is 0 Å². The fourth-order valence-corrected chi connectivity index (χ4v) is 8.19. The van der Waals surface area contributed by atoms with E-state index < -0.39 is 6.54 Å². The fourth-order valence-electron chi connectivity index (χ4n) is 0.900. The van der Waals surface area contributed by atoms with Crippen molar-refractivity contribution >= 4 is 25.7 Å². The van der Waals surface area contributed by atoms with Crippen molar-refractivity contribution in [3.63, 3.8) is 0 Å². The van der Waals surface area contributed by atoms with Crippen LogP contribution in [-0.2, 0) is 0 Å². The molecule has 0 aromatic carbocycles. The summed E-state index contributed by atoms with van der Waals surface area (Å²) in [6, 6.07) is 0. The van der Waals surface area contributed by atoms with E-state index in [-0.39, 0.29) is 0 Å². The second-order valence-electron chi connectivity index (χ2n) is 4.37. The van der Waals surface area contributed by atoms with Crippen LogP contribution in [-0.4, -0.2) is 63.7 Å². The van der Waals surface area contributed by atoms with Crippen LogP contribution in [0, 0.1) is 0 Å². The van der Waals surface area contributed by atoms with Gasteiger partial charge in [-0.2, -0.15) is 0 Å². The van der Waals surface area contributed by atoms with E-state index in [2.05, 4.69) is 57.6 Å². The van der Waals surface area contributed by atoms with Crippen LogP contribution in [0.5, 0.6) is 0 Å². The molecular formula is C8H21AsN2Si. The summed E-state index contributed by atoms with van der Waals surface area (Å²) in [5.74, 6) is 0. The molecule has 0 saturated carbocycles. The molecule has 0 heterocycles. The van der Waals surface area contributed by atoms with Crippen LogP contribution in [0.1, 0.15) is 0 Å². The Labute approximate surface area is 83.6 Å². The molecule has 0 spiro atoms. The summed E-state index contributed by atoms with van der Waals surface area (Å²) in [5.41, 5.74) is 0. The van der Waals surface area contributed by atoms with Crippen LogP contribution in [0.25, 0.3) is 0 Å². The maximum absolute atomic E-state index is 2.44. The summed E-state index contributed by atoms with van der Waals surface area (Å²) in [7, 11) is 8.58. The first-order valence-electron chi connectivity index (χ1n) is 4.18. The van der Waals surface area contributed by atoms with E-state index >= 15 is 0 Å². The molecule has 0 aliphatic heterocycles. The van der Waals surface area contributed by atoms with Gasteiger partial charge >= 0.3 is 83.4 Å². The Kier molecular flexibility index (Phi) is 4.93. The third-order valence-electron chi connectivity index (χ3n) is 1.24. The van der Waals surface area contributed by atoms with Gasteiger partial charge in [0, 0.05) is 0 Å². The molecule has 0 fully saturated rings. The SMILES string of the molecule is CN(C)C(=[As][Si](C)(C)C)N(C)C. The molecule has 72 valence electrons. The summed E-state index contributed by atoms with van der Waals surface area (Å²) in [6.45, 7) is 6.46. The first kappa shape index (κ1) is 12.6. The van der Waals surface area contributed by atoms with E-state index in [1.165, 1.54) is 4.55 Å².